The van der Waals surface area contributed by atoms with Gasteiger partial charge in [-0.05, 0) is 37.3 Å². The predicted molar refractivity (Wildman–Crippen MR) is 128 cm³/mol. The Morgan fingerprint density at radius 1 is 1.06 bits per heavy atom. The van der Waals surface area contributed by atoms with Crippen LogP contribution in [0.15, 0.2) is 54.8 Å². The number of ketones is 1. The topological polar surface area (TPSA) is 94.2 Å². The van der Waals surface area contributed by atoms with Crippen LogP contribution in [0.1, 0.15) is 39.7 Å². The molecule has 1 aliphatic carbocycles. The molecular formula is C28H33NO6. The van der Waals surface area contributed by atoms with Crippen molar-refractivity contribution in [3.8, 4) is 0 Å². The van der Waals surface area contributed by atoms with E-state index >= 15 is 0 Å². The lowest BCUT2D eigenvalue weighted by Gasteiger charge is -2.45. The summed E-state index contributed by atoms with van der Waals surface area (Å²) in [6.45, 7) is 7.80. The molecule has 3 heterocycles. The molecular weight excluding hydrogens is 446 g/mol. The van der Waals surface area contributed by atoms with Gasteiger partial charge in [-0.15, -0.1) is 0 Å². The third-order valence-electron chi connectivity index (χ3n) is 8.60. The zero-order valence-corrected chi connectivity index (χ0v) is 20.6. The van der Waals surface area contributed by atoms with Gasteiger partial charge in [-0.1, -0.05) is 63.3 Å². The fraction of sp³-hybridized carbons (Fsp3) is 0.536. The van der Waals surface area contributed by atoms with Crippen LogP contribution in [0.3, 0.4) is 0 Å². The number of cyclic esters (lactones) is 1. The highest BCUT2D eigenvalue weighted by Gasteiger charge is 2.78. The van der Waals surface area contributed by atoms with E-state index in [4.69, 9.17) is 14.2 Å². The molecule has 1 aromatic carbocycles. The van der Waals surface area contributed by atoms with Gasteiger partial charge in [-0.3, -0.25) is 9.59 Å². The lowest BCUT2D eigenvalue weighted by Crippen LogP contribution is -2.61. The monoisotopic (exact) mass is 479 g/mol. The number of hydrogen-bond donors (Lipinski definition) is 1. The van der Waals surface area contributed by atoms with Crippen LogP contribution in [-0.4, -0.2) is 41.2 Å². The van der Waals surface area contributed by atoms with Gasteiger partial charge in [-0.2, -0.15) is 0 Å². The first kappa shape index (κ1) is 23.8. The van der Waals surface area contributed by atoms with Gasteiger partial charge in [-0.25, -0.2) is 4.79 Å². The van der Waals surface area contributed by atoms with Crippen molar-refractivity contribution in [2.75, 3.05) is 0 Å². The van der Waals surface area contributed by atoms with E-state index in [1.165, 1.54) is 6.26 Å². The third kappa shape index (κ3) is 3.80. The number of ether oxygens (including phenoxy) is 3. The summed E-state index contributed by atoms with van der Waals surface area (Å²) >= 11 is 0. The Kier molecular flexibility index (Phi) is 5.86. The van der Waals surface area contributed by atoms with Crippen LogP contribution in [0, 0.1) is 29.6 Å². The van der Waals surface area contributed by atoms with Crippen molar-refractivity contribution in [3.05, 3.63) is 60.4 Å². The Labute approximate surface area is 205 Å². The zero-order valence-electron chi connectivity index (χ0n) is 20.6. The second kappa shape index (κ2) is 8.63. The molecule has 0 aromatic heterocycles. The van der Waals surface area contributed by atoms with E-state index in [1.807, 2.05) is 49.4 Å². The van der Waals surface area contributed by atoms with E-state index in [-0.39, 0.29) is 41.6 Å². The van der Waals surface area contributed by atoms with Crippen molar-refractivity contribution >= 4 is 17.8 Å². The molecule has 1 aromatic rings. The molecule has 5 rings (SSSR count). The maximum absolute atomic E-state index is 13.8. The Morgan fingerprint density at radius 2 is 1.80 bits per heavy atom. The lowest BCUT2D eigenvalue weighted by atomic mass is 9.59. The number of fused-ring (bicyclic) bond motifs is 2. The Morgan fingerprint density at radius 3 is 2.54 bits per heavy atom. The minimum Gasteiger partial charge on any atom is -0.416 e. The number of rotatable bonds is 2. The van der Waals surface area contributed by atoms with Crippen molar-refractivity contribution in [1.29, 1.82) is 0 Å². The summed E-state index contributed by atoms with van der Waals surface area (Å²) in [5, 5.41) is 3.16. The molecule has 3 aliphatic heterocycles. The van der Waals surface area contributed by atoms with Crippen LogP contribution in [-0.2, 0) is 30.2 Å². The van der Waals surface area contributed by atoms with E-state index in [0.29, 0.717) is 12.8 Å². The van der Waals surface area contributed by atoms with Crippen molar-refractivity contribution in [1.82, 2.24) is 5.32 Å². The fourth-order valence-electron chi connectivity index (χ4n) is 6.47. The predicted octanol–water partition coefficient (Wildman–Crippen LogP) is 3.97. The molecule has 1 N–H and O–H groups in total. The van der Waals surface area contributed by atoms with Crippen LogP contribution in [0.4, 0.5) is 4.79 Å². The van der Waals surface area contributed by atoms with Crippen molar-refractivity contribution in [3.63, 3.8) is 0 Å². The summed E-state index contributed by atoms with van der Waals surface area (Å²) in [6.07, 6.45) is 6.51. The standard InChI is InChI=1S/C28H33NO6/c1-16-9-8-12-20-24-27(4,34-24)18(3)22-21(15-19-10-6-5-7-11-19)29-25(31)28(20,22)35-26(32)33-14-13-17(2)23(16)30/h5-8,10-14,16-18,20-22,24H,9,15H2,1-4H3,(H,29,31)/b12-8+,14-13+/t16-,17-,18-,20-,21-,22-,24?,27+,28?/m0/s1. The molecule has 3 fully saturated rings. The third-order valence-corrected chi connectivity index (χ3v) is 8.60. The van der Waals surface area contributed by atoms with Gasteiger partial charge in [0.15, 0.2) is 0 Å². The molecule has 186 valence electrons. The van der Waals surface area contributed by atoms with Gasteiger partial charge in [0, 0.05) is 23.8 Å². The number of amides is 1. The van der Waals surface area contributed by atoms with Gasteiger partial charge >= 0.3 is 6.16 Å². The van der Waals surface area contributed by atoms with E-state index in [9.17, 15) is 14.4 Å². The van der Waals surface area contributed by atoms with Gasteiger partial charge in [0.2, 0.25) is 5.60 Å². The maximum Gasteiger partial charge on any atom is 0.514 e. The fourth-order valence-corrected chi connectivity index (χ4v) is 6.47. The molecule has 7 nitrogen and oxygen atoms in total. The lowest BCUT2D eigenvalue weighted by molar-refractivity contribution is -0.153. The number of carbonyl (C=O) groups is 3. The van der Waals surface area contributed by atoms with E-state index in [1.54, 1.807) is 13.0 Å². The molecule has 2 unspecified atom stereocenters. The van der Waals surface area contributed by atoms with Gasteiger partial charge in [0.1, 0.15) is 5.78 Å². The second-order valence-corrected chi connectivity index (χ2v) is 10.7. The average molecular weight is 480 g/mol. The summed E-state index contributed by atoms with van der Waals surface area (Å²) in [6, 6.07) is 9.73. The highest BCUT2D eigenvalue weighted by atomic mass is 16.7. The summed E-state index contributed by atoms with van der Waals surface area (Å²) in [5.74, 6) is -1.76. The first-order valence-electron chi connectivity index (χ1n) is 12.5. The first-order chi connectivity index (χ1) is 16.7. The average Bonchev–Trinajstić information content (AvgIpc) is 3.45. The van der Waals surface area contributed by atoms with Crippen molar-refractivity contribution in [2.45, 2.75) is 63.9 Å². The maximum atomic E-state index is 13.8. The van der Waals surface area contributed by atoms with Crippen molar-refractivity contribution < 1.29 is 28.6 Å². The summed E-state index contributed by atoms with van der Waals surface area (Å²) in [5.41, 5.74) is -0.801. The number of hydrogen-bond acceptors (Lipinski definition) is 6. The molecule has 4 aliphatic rings. The number of benzene rings is 1. The van der Waals surface area contributed by atoms with Crippen LogP contribution in [0.2, 0.25) is 0 Å². The SMILES string of the molecule is C[C@H]1/C=C/OC(=O)OC23C(=O)N[C@@H](Cc4ccccc4)[C@@H]2[C@H](C)[C@@]2(C)OC2[C@@H]3/C=C/C[C@H](C)C1=O. The smallest absolute Gasteiger partial charge is 0.416 e. The highest BCUT2D eigenvalue weighted by molar-refractivity contribution is 5.92. The molecule has 7 heteroatoms. The Hall–Kier alpha value is -2.93. The number of allylic oxidation sites excluding steroid dienone is 2. The zero-order chi connectivity index (χ0) is 25.0. The minimum absolute atomic E-state index is 0.0515. The van der Waals surface area contributed by atoms with E-state index in [0.717, 1.165) is 5.56 Å². The molecule has 35 heavy (non-hydrogen) atoms. The van der Waals surface area contributed by atoms with E-state index < -0.39 is 29.2 Å². The summed E-state index contributed by atoms with van der Waals surface area (Å²) in [4.78, 5) is 39.4. The number of nitrogens with one attached hydrogen (secondary N) is 1. The van der Waals surface area contributed by atoms with Crippen LogP contribution in [0.5, 0.6) is 0 Å². The second-order valence-electron chi connectivity index (χ2n) is 10.7. The summed E-state index contributed by atoms with van der Waals surface area (Å²) in [7, 11) is 0. The molecule has 0 radical (unpaired) electrons. The number of epoxide rings is 1. The normalized spacial score (nSPS) is 44.6. The van der Waals surface area contributed by atoms with Crippen LogP contribution < -0.4 is 5.32 Å². The van der Waals surface area contributed by atoms with Gasteiger partial charge in [0.25, 0.3) is 5.91 Å². The number of carbonyl (C=O) groups excluding carboxylic acids is 3. The highest BCUT2D eigenvalue weighted by Crippen LogP contribution is 2.63. The molecule has 1 spiro atoms. The molecule has 9 atom stereocenters. The van der Waals surface area contributed by atoms with Gasteiger partial charge in [0.05, 0.1) is 23.9 Å². The summed E-state index contributed by atoms with van der Waals surface area (Å²) < 4.78 is 17.5. The first-order valence-corrected chi connectivity index (χ1v) is 12.5. The number of Topliss-reactive ketones (excluding diaryl/α,β-unsaturated/α-hetero) is 1. The van der Waals surface area contributed by atoms with Gasteiger partial charge < -0.3 is 19.5 Å². The molecule has 0 bridgehead atoms. The minimum atomic E-state index is -1.46. The van der Waals surface area contributed by atoms with Crippen LogP contribution >= 0.6 is 0 Å². The van der Waals surface area contributed by atoms with E-state index in [2.05, 4.69) is 19.2 Å². The molecule has 2 saturated heterocycles. The van der Waals surface area contributed by atoms with Crippen LogP contribution in [0.25, 0.3) is 0 Å². The quantitative estimate of drug-likeness (QED) is 0.392. The Balaban J connectivity index is 1.57. The molecule has 1 saturated carbocycles. The molecule has 1 amide bonds. The van der Waals surface area contributed by atoms with Crippen molar-refractivity contribution in [2.24, 2.45) is 29.6 Å². The largest absolute Gasteiger partial charge is 0.514 e. The Bertz CT molecular complexity index is 1080.